The zero-order chi connectivity index (χ0) is 14.8. The average Bonchev–Trinajstić information content (AvgIpc) is 2.68. The maximum atomic E-state index is 10.2. The third-order valence-electron chi connectivity index (χ3n) is 4.74. The molecule has 1 aliphatic rings. The molecule has 0 saturated heterocycles. The minimum Gasteiger partial charge on any atom is -0.388 e. The van der Waals surface area contributed by atoms with Crippen molar-refractivity contribution < 1.29 is 5.11 Å². The summed E-state index contributed by atoms with van der Waals surface area (Å²) in [6, 6.07) is 2.21. The highest BCUT2D eigenvalue weighted by molar-refractivity contribution is 5.31. The minimum absolute atomic E-state index is 0.234. The lowest BCUT2D eigenvalue weighted by Gasteiger charge is -2.29. The molecule has 1 heterocycles. The Kier molecular flexibility index (Phi) is 4.95. The van der Waals surface area contributed by atoms with Crippen LogP contribution in [0.3, 0.4) is 0 Å². The van der Waals surface area contributed by atoms with Crippen LogP contribution in [0.4, 0.5) is 0 Å². The Morgan fingerprint density at radius 2 is 2.10 bits per heavy atom. The second kappa shape index (κ2) is 6.34. The summed E-state index contributed by atoms with van der Waals surface area (Å²) in [6.45, 7) is 10.3. The van der Waals surface area contributed by atoms with Crippen LogP contribution in [0.5, 0.6) is 0 Å². The lowest BCUT2D eigenvalue weighted by Crippen LogP contribution is -2.23. The van der Waals surface area contributed by atoms with E-state index in [9.17, 15) is 5.11 Å². The van der Waals surface area contributed by atoms with Gasteiger partial charge in [0.05, 0.1) is 6.10 Å². The van der Waals surface area contributed by atoms with E-state index in [4.69, 9.17) is 0 Å². The Hall–Kier alpha value is -0.760. The van der Waals surface area contributed by atoms with E-state index < -0.39 is 0 Å². The standard InChI is InChI=1S/C18H31NO/c1-5-6-7-11-18(3,4)13-19-14(2)12-15-16(19)9-8-10-17(15)20/h12,17,20H,5-11,13H2,1-4H3. The van der Waals surface area contributed by atoms with Gasteiger partial charge in [-0.1, -0.05) is 40.0 Å². The van der Waals surface area contributed by atoms with Gasteiger partial charge in [0.2, 0.25) is 0 Å². The fourth-order valence-corrected chi connectivity index (χ4v) is 3.52. The summed E-state index contributed by atoms with van der Waals surface area (Å²) in [4.78, 5) is 0. The van der Waals surface area contributed by atoms with E-state index in [2.05, 4.69) is 38.3 Å². The number of aliphatic hydroxyl groups is 1. The largest absolute Gasteiger partial charge is 0.388 e. The number of rotatable bonds is 6. The molecule has 20 heavy (non-hydrogen) atoms. The molecule has 0 fully saturated rings. The van der Waals surface area contributed by atoms with Crippen molar-refractivity contribution in [3.8, 4) is 0 Å². The van der Waals surface area contributed by atoms with Crippen LogP contribution in [0.15, 0.2) is 6.07 Å². The molecule has 0 aliphatic heterocycles. The molecule has 0 radical (unpaired) electrons. The molecular formula is C18H31NO. The number of hydrogen-bond donors (Lipinski definition) is 1. The zero-order valence-corrected chi connectivity index (χ0v) is 13.7. The van der Waals surface area contributed by atoms with Crippen molar-refractivity contribution in [2.24, 2.45) is 5.41 Å². The summed E-state index contributed by atoms with van der Waals surface area (Å²) >= 11 is 0. The second-order valence-corrected chi connectivity index (χ2v) is 7.30. The van der Waals surface area contributed by atoms with Gasteiger partial charge in [0.15, 0.2) is 0 Å². The Morgan fingerprint density at radius 1 is 1.35 bits per heavy atom. The predicted octanol–water partition coefficient (Wildman–Crippen LogP) is 4.77. The molecule has 0 amide bonds. The van der Waals surface area contributed by atoms with Crippen LogP contribution in [-0.4, -0.2) is 9.67 Å². The quantitative estimate of drug-likeness (QED) is 0.744. The van der Waals surface area contributed by atoms with Crippen molar-refractivity contribution in [2.45, 2.75) is 85.3 Å². The summed E-state index contributed by atoms with van der Waals surface area (Å²) in [5, 5.41) is 10.2. The van der Waals surface area contributed by atoms with E-state index in [1.54, 1.807) is 0 Å². The van der Waals surface area contributed by atoms with Gasteiger partial charge in [-0.25, -0.2) is 0 Å². The SMILES string of the molecule is CCCCCC(C)(C)Cn1c(C)cc2c1CCCC2O. The van der Waals surface area contributed by atoms with Gasteiger partial charge in [0.1, 0.15) is 0 Å². The third-order valence-corrected chi connectivity index (χ3v) is 4.74. The van der Waals surface area contributed by atoms with Crippen LogP contribution in [-0.2, 0) is 13.0 Å². The van der Waals surface area contributed by atoms with Gasteiger partial charge in [0, 0.05) is 23.5 Å². The Morgan fingerprint density at radius 3 is 2.80 bits per heavy atom. The number of aliphatic hydroxyl groups excluding tert-OH is 1. The maximum Gasteiger partial charge on any atom is 0.0807 e. The van der Waals surface area contributed by atoms with E-state index in [0.29, 0.717) is 5.41 Å². The summed E-state index contributed by atoms with van der Waals surface area (Å²) in [5.41, 5.74) is 4.25. The highest BCUT2D eigenvalue weighted by Gasteiger charge is 2.26. The topological polar surface area (TPSA) is 25.2 Å². The molecule has 1 aromatic heterocycles. The van der Waals surface area contributed by atoms with Crippen LogP contribution in [0.25, 0.3) is 0 Å². The average molecular weight is 277 g/mol. The molecule has 2 heteroatoms. The van der Waals surface area contributed by atoms with Gasteiger partial charge in [-0.3, -0.25) is 0 Å². The first-order valence-electron chi connectivity index (χ1n) is 8.31. The fourth-order valence-electron chi connectivity index (χ4n) is 3.52. The van der Waals surface area contributed by atoms with Gasteiger partial charge in [0.25, 0.3) is 0 Å². The number of unbranched alkanes of at least 4 members (excludes halogenated alkanes) is 2. The fraction of sp³-hybridized carbons (Fsp3) is 0.778. The first-order chi connectivity index (χ1) is 9.44. The number of nitrogens with zero attached hydrogens (tertiary/aromatic N) is 1. The molecule has 0 spiro atoms. The number of fused-ring (bicyclic) bond motifs is 1. The lowest BCUT2D eigenvalue weighted by atomic mass is 9.86. The van der Waals surface area contributed by atoms with Crippen molar-refractivity contribution in [3.63, 3.8) is 0 Å². The first kappa shape index (κ1) is 15.6. The van der Waals surface area contributed by atoms with Crippen LogP contribution < -0.4 is 0 Å². The Bertz CT molecular complexity index is 445. The number of aryl methyl sites for hydroxylation is 1. The van der Waals surface area contributed by atoms with Crippen molar-refractivity contribution in [1.82, 2.24) is 4.57 Å². The van der Waals surface area contributed by atoms with Crippen LogP contribution in [0.2, 0.25) is 0 Å². The van der Waals surface area contributed by atoms with Crippen molar-refractivity contribution >= 4 is 0 Å². The molecule has 0 bridgehead atoms. The molecule has 1 aliphatic carbocycles. The number of aromatic nitrogens is 1. The second-order valence-electron chi connectivity index (χ2n) is 7.30. The van der Waals surface area contributed by atoms with E-state index in [1.807, 2.05) is 0 Å². The van der Waals surface area contributed by atoms with Gasteiger partial charge in [-0.2, -0.15) is 0 Å². The lowest BCUT2D eigenvalue weighted by molar-refractivity contribution is 0.154. The molecule has 1 unspecified atom stereocenters. The maximum absolute atomic E-state index is 10.2. The summed E-state index contributed by atoms with van der Waals surface area (Å²) in [6.07, 6.45) is 8.19. The van der Waals surface area contributed by atoms with Crippen molar-refractivity contribution in [2.75, 3.05) is 0 Å². The van der Waals surface area contributed by atoms with E-state index in [0.717, 1.165) is 25.8 Å². The van der Waals surface area contributed by atoms with E-state index in [-0.39, 0.29) is 6.10 Å². The predicted molar refractivity (Wildman–Crippen MR) is 85.0 cm³/mol. The van der Waals surface area contributed by atoms with Crippen molar-refractivity contribution in [3.05, 3.63) is 23.0 Å². The number of hydrogen-bond acceptors (Lipinski definition) is 1. The molecular weight excluding hydrogens is 246 g/mol. The summed E-state index contributed by atoms with van der Waals surface area (Å²) < 4.78 is 2.48. The smallest absolute Gasteiger partial charge is 0.0807 e. The highest BCUT2D eigenvalue weighted by atomic mass is 16.3. The Labute approximate surface area is 124 Å². The molecule has 2 nitrogen and oxygen atoms in total. The van der Waals surface area contributed by atoms with E-state index >= 15 is 0 Å². The summed E-state index contributed by atoms with van der Waals surface area (Å²) in [7, 11) is 0. The van der Waals surface area contributed by atoms with Gasteiger partial charge in [-0.05, 0) is 44.1 Å². The molecule has 1 aromatic rings. The minimum atomic E-state index is -0.234. The third kappa shape index (κ3) is 3.46. The normalized spacial score (nSPS) is 19.1. The van der Waals surface area contributed by atoms with Crippen molar-refractivity contribution in [1.29, 1.82) is 0 Å². The molecule has 1 N–H and O–H groups in total. The zero-order valence-electron chi connectivity index (χ0n) is 13.7. The highest BCUT2D eigenvalue weighted by Crippen LogP contribution is 2.35. The van der Waals surface area contributed by atoms with Crippen LogP contribution in [0.1, 0.15) is 82.4 Å². The first-order valence-corrected chi connectivity index (χ1v) is 8.31. The molecule has 0 saturated carbocycles. The van der Waals surface area contributed by atoms with Gasteiger partial charge >= 0.3 is 0 Å². The molecule has 1 atom stereocenters. The monoisotopic (exact) mass is 277 g/mol. The Balaban J connectivity index is 2.13. The summed E-state index contributed by atoms with van der Waals surface area (Å²) in [5.74, 6) is 0. The van der Waals surface area contributed by atoms with Crippen LogP contribution >= 0.6 is 0 Å². The van der Waals surface area contributed by atoms with Gasteiger partial charge in [-0.15, -0.1) is 0 Å². The van der Waals surface area contributed by atoms with Gasteiger partial charge < -0.3 is 9.67 Å². The molecule has 0 aromatic carbocycles. The van der Waals surface area contributed by atoms with E-state index in [1.165, 1.54) is 42.6 Å². The molecule has 2 rings (SSSR count). The van der Waals surface area contributed by atoms with Crippen LogP contribution in [0, 0.1) is 12.3 Å². The molecule has 114 valence electrons.